The highest BCUT2D eigenvalue weighted by atomic mass is 16.6. The van der Waals surface area contributed by atoms with E-state index >= 15 is 0 Å². The van der Waals surface area contributed by atoms with Crippen LogP contribution in [0, 0.1) is 0 Å². The first-order valence-electron chi connectivity index (χ1n) is 10.2. The fourth-order valence-electron chi connectivity index (χ4n) is 3.16. The molecule has 0 bridgehead atoms. The molecule has 0 fully saturated rings. The summed E-state index contributed by atoms with van der Waals surface area (Å²) in [6.07, 6.45) is 0. The van der Waals surface area contributed by atoms with Crippen molar-refractivity contribution in [3.05, 3.63) is 54.1 Å². The zero-order chi connectivity index (χ0) is 22.6. The molecule has 0 radical (unpaired) electrons. The topological polar surface area (TPSA) is 75.9 Å². The van der Waals surface area contributed by atoms with E-state index in [0.717, 1.165) is 10.9 Å². The van der Waals surface area contributed by atoms with Crippen molar-refractivity contribution < 1.29 is 18.8 Å². The molecule has 3 rings (SSSR count). The minimum atomic E-state index is -0.612. The van der Waals surface area contributed by atoms with Gasteiger partial charge in [0.1, 0.15) is 17.7 Å². The smallest absolute Gasteiger partial charge is 0.326 e. The van der Waals surface area contributed by atoms with Crippen molar-refractivity contribution >= 4 is 22.8 Å². The summed E-state index contributed by atoms with van der Waals surface area (Å²) in [6.45, 7) is 6.33. The number of aromatic nitrogens is 1. The summed E-state index contributed by atoms with van der Waals surface area (Å²) >= 11 is 0. The largest absolute Gasteiger partial charge is 0.459 e. The minimum Gasteiger partial charge on any atom is -0.459 e. The highest BCUT2D eigenvalue weighted by molar-refractivity contribution is 6.01. The Morgan fingerprint density at radius 2 is 1.74 bits per heavy atom. The molecule has 7 nitrogen and oxygen atoms in total. The van der Waals surface area contributed by atoms with Gasteiger partial charge in [0.2, 0.25) is 0 Å². The van der Waals surface area contributed by atoms with E-state index in [1.54, 1.807) is 18.2 Å². The Bertz CT molecular complexity index is 1050. The van der Waals surface area contributed by atoms with E-state index in [4.69, 9.17) is 9.26 Å². The number of benzene rings is 2. The molecule has 0 unspecified atom stereocenters. The molecule has 31 heavy (non-hydrogen) atoms. The third-order valence-corrected chi connectivity index (χ3v) is 4.60. The predicted octanol–water partition coefficient (Wildman–Crippen LogP) is 3.84. The van der Waals surface area contributed by atoms with Gasteiger partial charge in [-0.2, -0.15) is 0 Å². The van der Waals surface area contributed by atoms with E-state index in [1.807, 2.05) is 70.1 Å². The average molecular weight is 424 g/mol. The molecule has 0 saturated carbocycles. The molecule has 0 aliphatic rings. The van der Waals surface area contributed by atoms with Crippen LogP contribution in [0.5, 0.6) is 0 Å². The van der Waals surface area contributed by atoms with Crippen LogP contribution in [0.3, 0.4) is 0 Å². The van der Waals surface area contributed by atoms with Gasteiger partial charge in [-0.15, -0.1) is 0 Å². The van der Waals surface area contributed by atoms with Crippen LogP contribution in [-0.4, -0.2) is 66.2 Å². The Morgan fingerprint density at radius 1 is 1.03 bits per heavy atom. The first-order chi connectivity index (χ1) is 14.6. The van der Waals surface area contributed by atoms with E-state index in [9.17, 15) is 9.59 Å². The van der Waals surface area contributed by atoms with E-state index in [-0.39, 0.29) is 12.5 Å². The predicted molar refractivity (Wildman–Crippen MR) is 120 cm³/mol. The number of amides is 1. The number of nitrogens with zero attached hydrogens (tertiary/aromatic N) is 3. The lowest BCUT2D eigenvalue weighted by Crippen LogP contribution is -2.42. The Balaban J connectivity index is 1.89. The fourth-order valence-corrected chi connectivity index (χ4v) is 3.16. The van der Waals surface area contributed by atoms with Crippen molar-refractivity contribution in [2.75, 3.05) is 33.7 Å². The molecular formula is C24H29N3O4. The summed E-state index contributed by atoms with van der Waals surface area (Å²) in [7, 11) is 3.84. The van der Waals surface area contributed by atoms with E-state index in [2.05, 4.69) is 5.16 Å². The van der Waals surface area contributed by atoms with Gasteiger partial charge in [0.15, 0.2) is 5.76 Å². The molecule has 1 amide bonds. The molecule has 0 aliphatic carbocycles. The van der Waals surface area contributed by atoms with Gasteiger partial charge < -0.3 is 19.1 Å². The van der Waals surface area contributed by atoms with Crippen LogP contribution in [0.4, 0.5) is 0 Å². The van der Waals surface area contributed by atoms with Crippen molar-refractivity contribution in [3.8, 4) is 11.3 Å². The number of carbonyl (C=O) groups excluding carboxylic acids is 2. The molecule has 164 valence electrons. The number of carbonyl (C=O) groups is 2. The number of esters is 1. The molecule has 1 aromatic heterocycles. The lowest BCUT2D eigenvalue weighted by Gasteiger charge is -2.26. The number of rotatable bonds is 7. The quantitative estimate of drug-likeness (QED) is 0.538. The normalized spacial score (nSPS) is 11.7. The van der Waals surface area contributed by atoms with Crippen molar-refractivity contribution in [1.29, 1.82) is 0 Å². The van der Waals surface area contributed by atoms with Gasteiger partial charge in [-0.1, -0.05) is 35.5 Å². The molecule has 1 heterocycles. The number of hydrogen-bond acceptors (Lipinski definition) is 6. The second kappa shape index (κ2) is 9.31. The lowest BCUT2D eigenvalue weighted by molar-refractivity contribution is -0.155. The average Bonchev–Trinajstić information content (AvgIpc) is 3.13. The zero-order valence-corrected chi connectivity index (χ0v) is 18.7. The summed E-state index contributed by atoms with van der Waals surface area (Å²) < 4.78 is 11.0. The first kappa shape index (κ1) is 22.5. The van der Waals surface area contributed by atoms with Gasteiger partial charge in [-0.25, -0.2) is 0 Å². The summed E-state index contributed by atoms with van der Waals surface area (Å²) in [5, 5.41) is 4.86. The first-order valence-corrected chi connectivity index (χ1v) is 10.2. The molecular weight excluding hydrogens is 394 g/mol. The molecule has 2 aromatic carbocycles. The second-order valence-electron chi connectivity index (χ2n) is 8.73. The summed E-state index contributed by atoms with van der Waals surface area (Å²) in [5.41, 5.74) is 1.41. The maximum Gasteiger partial charge on any atom is 0.326 e. The van der Waals surface area contributed by atoms with E-state index in [1.165, 1.54) is 4.90 Å². The van der Waals surface area contributed by atoms with Gasteiger partial charge >= 0.3 is 5.97 Å². The van der Waals surface area contributed by atoms with Crippen molar-refractivity contribution in [3.63, 3.8) is 0 Å². The summed E-state index contributed by atoms with van der Waals surface area (Å²) in [6, 6.07) is 14.9. The van der Waals surface area contributed by atoms with E-state index < -0.39 is 11.6 Å². The third-order valence-electron chi connectivity index (χ3n) is 4.60. The van der Waals surface area contributed by atoms with Gasteiger partial charge in [0.05, 0.1) is 5.39 Å². The highest BCUT2D eigenvalue weighted by Crippen LogP contribution is 2.29. The van der Waals surface area contributed by atoms with Gasteiger partial charge in [0, 0.05) is 24.2 Å². The monoisotopic (exact) mass is 423 g/mol. The van der Waals surface area contributed by atoms with Crippen LogP contribution in [0.15, 0.2) is 53.1 Å². The zero-order valence-electron chi connectivity index (χ0n) is 18.7. The van der Waals surface area contributed by atoms with Crippen molar-refractivity contribution in [2.24, 2.45) is 0 Å². The fraction of sp³-hybridized carbons (Fsp3) is 0.375. The summed E-state index contributed by atoms with van der Waals surface area (Å²) in [4.78, 5) is 29.2. The molecule has 0 N–H and O–H groups in total. The van der Waals surface area contributed by atoms with Crippen LogP contribution < -0.4 is 0 Å². The Kier molecular flexibility index (Phi) is 6.75. The Hall–Kier alpha value is -3.19. The molecule has 0 spiro atoms. The van der Waals surface area contributed by atoms with Gasteiger partial charge in [-0.3, -0.25) is 9.59 Å². The SMILES string of the molecule is CN(C)CCN(CC(=O)OC(C)(C)C)C(=O)c1ccc2noc(-c3ccccc3)c2c1. The van der Waals surface area contributed by atoms with Crippen LogP contribution in [0.2, 0.25) is 0 Å². The van der Waals surface area contributed by atoms with Crippen molar-refractivity contribution in [1.82, 2.24) is 15.0 Å². The molecule has 0 atom stereocenters. The number of fused-ring (bicyclic) bond motifs is 1. The third kappa shape index (κ3) is 5.92. The molecule has 0 aliphatic heterocycles. The maximum absolute atomic E-state index is 13.3. The lowest BCUT2D eigenvalue weighted by atomic mass is 10.1. The highest BCUT2D eigenvalue weighted by Gasteiger charge is 2.24. The molecule has 7 heteroatoms. The molecule has 0 saturated heterocycles. The van der Waals surface area contributed by atoms with Crippen LogP contribution in [0.1, 0.15) is 31.1 Å². The number of hydrogen-bond donors (Lipinski definition) is 0. The minimum absolute atomic E-state index is 0.114. The standard InChI is InChI=1S/C24H29N3O4/c1-24(2,3)30-21(28)16-27(14-13-26(4)5)23(29)18-11-12-20-19(15-18)22(31-25-20)17-9-7-6-8-10-17/h6-12,15H,13-14,16H2,1-5H3. The van der Waals surface area contributed by atoms with Crippen LogP contribution in [-0.2, 0) is 9.53 Å². The van der Waals surface area contributed by atoms with Gasteiger partial charge in [-0.05, 0) is 53.1 Å². The summed E-state index contributed by atoms with van der Waals surface area (Å²) in [5.74, 6) is -0.0670. The number of likely N-dealkylation sites (N-methyl/N-ethyl adjacent to an activating group) is 1. The number of ether oxygens (including phenoxy) is 1. The Morgan fingerprint density at radius 3 is 2.39 bits per heavy atom. The van der Waals surface area contributed by atoms with Crippen LogP contribution >= 0.6 is 0 Å². The second-order valence-corrected chi connectivity index (χ2v) is 8.73. The maximum atomic E-state index is 13.3. The molecule has 3 aromatic rings. The Labute approximate surface area is 182 Å². The van der Waals surface area contributed by atoms with E-state index in [0.29, 0.717) is 29.9 Å². The van der Waals surface area contributed by atoms with Crippen LogP contribution in [0.25, 0.3) is 22.2 Å². The van der Waals surface area contributed by atoms with Gasteiger partial charge in [0.25, 0.3) is 5.91 Å². The van der Waals surface area contributed by atoms with Crippen molar-refractivity contribution in [2.45, 2.75) is 26.4 Å².